The molecule has 0 unspecified atom stereocenters. The number of aryl methyl sites for hydroxylation is 2. The maximum absolute atomic E-state index is 6.35. The molecule has 0 aliphatic rings. The molecule has 8 heteroatoms. The topological polar surface area (TPSA) is 26.3 Å². The minimum atomic E-state index is 0.958. The lowest BCUT2D eigenvalue weighted by atomic mass is 10.2. The Morgan fingerprint density at radius 2 is 1.00 bits per heavy atom. The van der Waals surface area contributed by atoms with E-state index in [1.807, 2.05) is 22.7 Å². The van der Waals surface area contributed by atoms with Gasteiger partial charge in [0.2, 0.25) is 0 Å². The molecular formula is C24H12I4O2S2. The summed E-state index contributed by atoms with van der Waals surface area (Å²) in [6.07, 6.45) is 0. The van der Waals surface area contributed by atoms with Gasteiger partial charge in [-0.15, -0.1) is 22.7 Å². The highest BCUT2D eigenvalue weighted by Crippen LogP contribution is 2.52. The molecule has 2 nitrogen and oxygen atoms in total. The molecule has 0 atom stereocenters. The minimum Gasteiger partial charge on any atom is -0.454 e. The van der Waals surface area contributed by atoms with Gasteiger partial charge in [0.25, 0.3) is 0 Å². The molecule has 0 saturated heterocycles. The van der Waals surface area contributed by atoms with Crippen molar-refractivity contribution in [3.05, 3.63) is 61.8 Å². The third-order valence-corrected chi connectivity index (χ3v) is 13.7. The van der Waals surface area contributed by atoms with Gasteiger partial charge in [0.15, 0.2) is 11.5 Å². The van der Waals surface area contributed by atoms with Crippen molar-refractivity contribution in [1.82, 2.24) is 0 Å². The Bertz CT molecular complexity index is 1570. The highest BCUT2D eigenvalue weighted by Gasteiger charge is 2.26. The summed E-state index contributed by atoms with van der Waals surface area (Å²) in [7, 11) is 0. The Balaban J connectivity index is 1.54. The third kappa shape index (κ3) is 3.44. The second kappa shape index (κ2) is 8.35. The zero-order chi connectivity index (χ0) is 22.3. The van der Waals surface area contributed by atoms with E-state index >= 15 is 0 Å². The van der Waals surface area contributed by atoms with Crippen LogP contribution in [-0.4, -0.2) is 0 Å². The highest BCUT2D eigenvalue weighted by atomic mass is 127. The molecule has 32 heavy (non-hydrogen) atoms. The molecule has 160 valence electrons. The van der Waals surface area contributed by atoms with Crippen molar-refractivity contribution < 1.29 is 8.83 Å². The Hall–Kier alpha value is 0.1000. The van der Waals surface area contributed by atoms with Gasteiger partial charge in [-0.3, -0.25) is 0 Å². The van der Waals surface area contributed by atoms with Gasteiger partial charge in [-0.25, -0.2) is 0 Å². The molecule has 0 N–H and O–H groups in total. The van der Waals surface area contributed by atoms with Crippen LogP contribution in [0.3, 0.4) is 0 Å². The number of furan rings is 2. The number of rotatable bonds is 2. The van der Waals surface area contributed by atoms with E-state index in [9.17, 15) is 0 Å². The monoisotopic (exact) mass is 904 g/mol. The molecule has 0 aliphatic carbocycles. The van der Waals surface area contributed by atoms with Gasteiger partial charge in [0.1, 0.15) is 11.2 Å². The van der Waals surface area contributed by atoms with Crippen molar-refractivity contribution >= 4 is 144 Å². The average molecular weight is 904 g/mol. The summed E-state index contributed by atoms with van der Waals surface area (Å²) in [5.41, 5.74) is 4.34. The average Bonchev–Trinajstić information content (AvgIpc) is 3.45. The second-order valence-corrected chi connectivity index (χ2v) is 14.0. The number of thiophene rings is 2. The van der Waals surface area contributed by atoms with E-state index in [1.165, 1.54) is 55.3 Å². The first-order valence-electron chi connectivity index (χ1n) is 9.61. The number of halogens is 4. The van der Waals surface area contributed by atoms with Crippen LogP contribution in [-0.2, 0) is 0 Å². The van der Waals surface area contributed by atoms with E-state index in [4.69, 9.17) is 8.83 Å². The van der Waals surface area contributed by atoms with Gasteiger partial charge in [-0.05, 0) is 140 Å². The number of benzene rings is 2. The largest absolute Gasteiger partial charge is 0.454 e. The molecule has 2 aromatic carbocycles. The Morgan fingerprint density at radius 3 is 1.41 bits per heavy atom. The van der Waals surface area contributed by atoms with Crippen LogP contribution in [0.5, 0.6) is 0 Å². The van der Waals surface area contributed by atoms with Crippen LogP contribution >= 0.6 is 113 Å². The maximum Gasteiger partial charge on any atom is 0.159 e. The molecule has 0 spiro atoms. The zero-order valence-corrected chi connectivity index (χ0v) is 26.9. The van der Waals surface area contributed by atoms with Crippen molar-refractivity contribution in [1.29, 1.82) is 0 Å². The van der Waals surface area contributed by atoms with Gasteiger partial charge in [0.05, 0.1) is 33.4 Å². The quantitative estimate of drug-likeness (QED) is 0.162. The summed E-state index contributed by atoms with van der Waals surface area (Å²) in [4.78, 5) is 2.42. The van der Waals surface area contributed by atoms with E-state index in [0.29, 0.717) is 0 Å². The number of hydrogen-bond acceptors (Lipinski definition) is 4. The standard InChI is InChI=1S/C24H12I4O2S2/c1-9-3-5-11-13(7-9)29-19(15(11)25)21-17(27)23-24(31-21)18(28)22(32-23)20-16(26)12-6-4-10(2)8-14(12)30-20/h3-8H,1-2H3. The van der Waals surface area contributed by atoms with E-state index in [0.717, 1.165) is 22.7 Å². The first-order valence-corrected chi connectivity index (χ1v) is 15.6. The van der Waals surface area contributed by atoms with Gasteiger partial charge in [0, 0.05) is 10.8 Å². The highest BCUT2D eigenvalue weighted by molar-refractivity contribution is 14.1. The molecule has 0 saturated carbocycles. The van der Waals surface area contributed by atoms with Crippen molar-refractivity contribution in [2.75, 3.05) is 0 Å². The zero-order valence-electron chi connectivity index (χ0n) is 16.6. The molecule has 0 aliphatic heterocycles. The Labute approximate surface area is 246 Å². The van der Waals surface area contributed by atoms with Crippen molar-refractivity contribution in [2.45, 2.75) is 13.8 Å². The van der Waals surface area contributed by atoms with Crippen LogP contribution in [0.4, 0.5) is 0 Å². The molecule has 0 fully saturated rings. The fraction of sp³-hybridized carbons (Fsp3) is 0.0833. The van der Waals surface area contributed by atoms with Gasteiger partial charge >= 0.3 is 0 Å². The first kappa shape index (κ1) is 22.6. The van der Waals surface area contributed by atoms with Crippen LogP contribution in [0.15, 0.2) is 45.2 Å². The molecular weight excluding hydrogens is 892 g/mol. The normalized spacial score (nSPS) is 12.1. The van der Waals surface area contributed by atoms with Crippen LogP contribution in [0.25, 0.3) is 52.6 Å². The summed E-state index contributed by atoms with van der Waals surface area (Å²) in [5.74, 6) is 1.96. The van der Waals surface area contributed by atoms with Crippen LogP contribution in [0.1, 0.15) is 11.1 Å². The lowest BCUT2D eigenvalue weighted by molar-refractivity contribution is 0.630. The minimum absolute atomic E-state index is 0.958. The van der Waals surface area contributed by atoms with E-state index < -0.39 is 0 Å². The third-order valence-electron chi connectivity index (χ3n) is 5.39. The molecule has 0 radical (unpaired) electrons. The summed E-state index contributed by atoms with van der Waals surface area (Å²) in [6, 6.07) is 12.9. The number of fused-ring (bicyclic) bond motifs is 3. The maximum atomic E-state index is 6.35. The van der Waals surface area contributed by atoms with Gasteiger partial charge in [-0.2, -0.15) is 0 Å². The number of hydrogen-bond donors (Lipinski definition) is 0. The van der Waals surface area contributed by atoms with Crippen molar-refractivity contribution in [2.24, 2.45) is 0 Å². The summed E-state index contributed by atoms with van der Waals surface area (Å²) in [6.45, 7) is 4.20. The molecule has 6 aromatic rings. The second-order valence-electron chi connectivity index (χ2n) is 7.64. The van der Waals surface area contributed by atoms with Gasteiger partial charge < -0.3 is 8.83 Å². The van der Waals surface area contributed by atoms with E-state index in [1.54, 1.807) is 0 Å². The van der Waals surface area contributed by atoms with Gasteiger partial charge in [-0.1, -0.05) is 12.1 Å². The summed E-state index contributed by atoms with van der Waals surface area (Å²) in [5, 5.41) is 2.36. The molecule has 0 bridgehead atoms. The van der Waals surface area contributed by atoms with Crippen LogP contribution in [0, 0.1) is 28.1 Å². The SMILES string of the molecule is Cc1ccc2c(I)c(-c3sc4c(I)c(-c5oc6cc(C)ccc6c5I)sc4c3I)oc2c1. The fourth-order valence-electron chi connectivity index (χ4n) is 3.81. The van der Waals surface area contributed by atoms with Crippen LogP contribution < -0.4 is 0 Å². The van der Waals surface area contributed by atoms with Crippen LogP contribution in [0.2, 0.25) is 0 Å². The van der Waals surface area contributed by atoms with Crippen molar-refractivity contribution in [3.8, 4) is 21.3 Å². The fourth-order valence-corrected chi connectivity index (χ4v) is 11.0. The van der Waals surface area contributed by atoms with E-state index in [2.05, 4.69) is 141 Å². The van der Waals surface area contributed by atoms with Crippen molar-refractivity contribution in [3.63, 3.8) is 0 Å². The predicted molar refractivity (Wildman–Crippen MR) is 170 cm³/mol. The molecule has 4 aromatic heterocycles. The smallest absolute Gasteiger partial charge is 0.159 e. The Morgan fingerprint density at radius 1 is 0.594 bits per heavy atom. The first-order chi connectivity index (χ1) is 15.3. The molecule has 6 rings (SSSR count). The van der Waals surface area contributed by atoms with E-state index in [-0.39, 0.29) is 0 Å². The molecule has 4 heterocycles. The summed E-state index contributed by atoms with van der Waals surface area (Å²) < 4.78 is 20.2. The predicted octanol–water partition coefficient (Wildman–Crippen LogP) is 10.8. The lowest BCUT2D eigenvalue weighted by Gasteiger charge is -1.97. The Kier molecular flexibility index (Phi) is 5.88. The molecule has 0 amide bonds. The lowest BCUT2D eigenvalue weighted by Crippen LogP contribution is -1.76. The summed E-state index contributed by atoms with van der Waals surface area (Å²) >= 11 is 13.5.